The lowest BCUT2D eigenvalue weighted by molar-refractivity contribution is -0.140. The molecule has 0 radical (unpaired) electrons. The first-order valence-electron chi connectivity index (χ1n) is 11.8. The van der Waals surface area contributed by atoms with E-state index < -0.39 is 11.5 Å². The molecule has 0 aliphatic carbocycles. The molecule has 32 heavy (non-hydrogen) atoms. The lowest BCUT2D eigenvalue weighted by atomic mass is 9.85. The van der Waals surface area contributed by atoms with E-state index in [9.17, 15) is 14.4 Å². The van der Waals surface area contributed by atoms with Gasteiger partial charge in [0, 0.05) is 18.7 Å². The SMILES string of the molecule is CC(C)C.CCOC(=O)/C(C)=C/C(C)N(C)C(=O)C(NC(=O)C1CCCN1C)C(C)(C)C. The molecule has 7 heteroatoms. The van der Waals surface area contributed by atoms with Gasteiger partial charge in [0.15, 0.2) is 0 Å². The molecule has 0 spiro atoms. The van der Waals surface area contributed by atoms with Crippen LogP contribution in [0.2, 0.25) is 0 Å². The van der Waals surface area contributed by atoms with Gasteiger partial charge in [-0.3, -0.25) is 14.5 Å². The number of likely N-dealkylation sites (N-methyl/N-ethyl adjacent to an activating group) is 2. The first-order valence-corrected chi connectivity index (χ1v) is 11.8. The minimum Gasteiger partial charge on any atom is -0.463 e. The zero-order valence-corrected chi connectivity index (χ0v) is 22.2. The minimum atomic E-state index is -0.655. The van der Waals surface area contributed by atoms with E-state index in [2.05, 4.69) is 26.1 Å². The average molecular weight is 454 g/mol. The lowest BCUT2D eigenvalue weighted by Gasteiger charge is -2.36. The molecule has 1 aliphatic heterocycles. The molecule has 1 fully saturated rings. The van der Waals surface area contributed by atoms with Crippen molar-refractivity contribution in [2.75, 3.05) is 27.2 Å². The number of nitrogens with zero attached hydrogens (tertiary/aromatic N) is 2. The van der Waals surface area contributed by atoms with Crippen LogP contribution in [0, 0.1) is 11.3 Å². The second kappa shape index (κ2) is 13.6. The molecule has 0 aromatic heterocycles. The highest BCUT2D eigenvalue weighted by molar-refractivity contribution is 5.91. The number of carbonyl (C=O) groups excluding carboxylic acids is 3. The van der Waals surface area contributed by atoms with Crippen molar-refractivity contribution < 1.29 is 19.1 Å². The minimum absolute atomic E-state index is 0.104. The van der Waals surface area contributed by atoms with E-state index in [1.165, 1.54) is 0 Å². The van der Waals surface area contributed by atoms with E-state index in [0.29, 0.717) is 12.2 Å². The maximum atomic E-state index is 13.2. The van der Waals surface area contributed by atoms with Crippen molar-refractivity contribution in [1.82, 2.24) is 15.1 Å². The summed E-state index contributed by atoms with van der Waals surface area (Å²) in [5.41, 5.74) is 0.00978. The quantitative estimate of drug-likeness (QED) is 0.470. The summed E-state index contributed by atoms with van der Waals surface area (Å²) in [6.07, 6.45) is 3.50. The fraction of sp³-hybridized carbons (Fsp3) is 0.800. The number of hydrogen-bond donors (Lipinski definition) is 1. The summed E-state index contributed by atoms with van der Waals surface area (Å²) >= 11 is 0. The number of amides is 2. The zero-order chi connectivity index (χ0) is 25.2. The number of nitrogens with one attached hydrogen (secondary N) is 1. The molecule has 3 unspecified atom stereocenters. The number of esters is 1. The van der Waals surface area contributed by atoms with Gasteiger partial charge in [0.25, 0.3) is 0 Å². The fourth-order valence-electron chi connectivity index (χ4n) is 3.32. The Morgan fingerprint density at radius 2 is 1.72 bits per heavy atom. The van der Waals surface area contributed by atoms with Crippen molar-refractivity contribution in [1.29, 1.82) is 0 Å². The molecule has 0 saturated carbocycles. The third kappa shape index (κ3) is 10.2. The van der Waals surface area contributed by atoms with Gasteiger partial charge in [0.2, 0.25) is 11.8 Å². The van der Waals surface area contributed by atoms with Gasteiger partial charge in [-0.25, -0.2) is 4.79 Å². The highest BCUT2D eigenvalue weighted by atomic mass is 16.5. The normalized spacial score (nSPS) is 19.0. The van der Waals surface area contributed by atoms with E-state index in [4.69, 9.17) is 4.74 Å². The van der Waals surface area contributed by atoms with Crippen LogP contribution in [0.25, 0.3) is 0 Å². The van der Waals surface area contributed by atoms with Crippen LogP contribution in [0.15, 0.2) is 11.6 Å². The number of ether oxygens (including phenoxy) is 1. The molecule has 0 aromatic rings. The van der Waals surface area contributed by atoms with Gasteiger partial charge in [-0.05, 0) is 58.5 Å². The smallest absolute Gasteiger partial charge is 0.333 e. The highest BCUT2D eigenvalue weighted by Crippen LogP contribution is 2.23. The third-order valence-corrected chi connectivity index (χ3v) is 5.27. The predicted molar refractivity (Wildman–Crippen MR) is 130 cm³/mol. The Morgan fingerprint density at radius 1 is 1.19 bits per heavy atom. The molecule has 1 heterocycles. The number of rotatable bonds is 7. The van der Waals surface area contributed by atoms with Crippen LogP contribution in [0.1, 0.15) is 75.2 Å². The molecule has 2 amide bonds. The van der Waals surface area contributed by atoms with Gasteiger partial charge in [-0.2, -0.15) is 0 Å². The van der Waals surface area contributed by atoms with Crippen molar-refractivity contribution in [2.45, 2.75) is 93.3 Å². The van der Waals surface area contributed by atoms with Crippen LogP contribution in [0.5, 0.6) is 0 Å². The van der Waals surface area contributed by atoms with Gasteiger partial charge >= 0.3 is 5.97 Å². The monoisotopic (exact) mass is 453 g/mol. The summed E-state index contributed by atoms with van der Waals surface area (Å²) in [5.74, 6) is 0.162. The van der Waals surface area contributed by atoms with Crippen LogP contribution in [-0.4, -0.2) is 73.0 Å². The average Bonchev–Trinajstić information content (AvgIpc) is 3.09. The Kier molecular flexibility index (Phi) is 12.8. The third-order valence-electron chi connectivity index (χ3n) is 5.27. The summed E-state index contributed by atoms with van der Waals surface area (Å²) in [6, 6.07) is -1.16. The van der Waals surface area contributed by atoms with Crippen LogP contribution in [0.4, 0.5) is 0 Å². The lowest BCUT2D eigenvalue weighted by Crippen LogP contribution is -2.58. The standard InChI is InChI=1S/C21H37N3O4.C4H10/c1-9-28-20(27)14(2)13-15(3)24(8)19(26)17(21(4,5)6)22-18(25)16-11-10-12-23(16)7;1-4(2)3/h13,15-17H,9-12H2,1-8H3,(H,22,25);4H,1-3H3/b14-13+;. The summed E-state index contributed by atoms with van der Waals surface area (Å²) < 4.78 is 4.99. The van der Waals surface area contributed by atoms with Crippen LogP contribution < -0.4 is 5.32 Å². The molecular weight excluding hydrogens is 406 g/mol. The van der Waals surface area contributed by atoms with Crippen LogP contribution in [0.3, 0.4) is 0 Å². The molecule has 1 rings (SSSR count). The predicted octanol–water partition coefficient (Wildman–Crippen LogP) is 3.63. The number of hydrogen-bond acceptors (Lipinski definition) is 5. The Morgan fingerprint density at radius 3 is 2.12 bits per heavy atom. The van der Waals surface area contributed by atoms with Crippen molar-refractivity contribution in [3.8, 4) is 0 Å². The molecule has 3 atom stereocenters. The van der Waals surface area contributed by atoms with E-state index >= 15 is 0 Å². The molecule has 1 aliphatic rings. The van der Waals surface area contributed by atoms with Gasteiger partial charge in [0.05, 0.1) is 12.6 Å². The Balaban J connectivity index is 0.00000220. The Bertz CT molecular complexity index is 649. The van der Waals surface area contributed by atoms with Crippen molar-refractivity contribution >= 4 is 17.8 Å². The molecule has 0 aromatic carbocycles. The van der Waals surface area contributed by atoms with Crippen LogP contribution in [-0.2, 0) is 19.1 Å². The van der Waals surface area contributed by atoms with Crippen molar-refractivity contribution in [3.63, 3.8) is 0 Å². The molecular formula is C25H47N3O4. The number of likely N-dealkylation sites (tertiary alicyclic amines) is 1. The van der Waals surface area contributed by atoms with E-state index in [1.54, 1.807) is 31.9 Å². The molecule has 1 saturated heterocycles. The van der Waals surface area contributed by atoms with Crippen LogP contribution >= 0.6 is 0 Å². The molecule has 0 bridgehead atoms. The van der Waals surface area contributed by atoms with E-state index in [0.717, 1.165) is 25.3 Å². The first-order chi connectivity index (χ1) is 14.6. The number of carbonyl (C=O) groups is 3. The fourth-order valence-corrected chi connectivity index (χ4v) is 3.32. The Labute approximate surface area is 195 Å². The second-order valence-corrected chi connectivity index (χ2v) is 10.4. The van der Waals surface area contributed by atoms with Crippen molar-refractivity contribution in [3.05, 3.63) is 11.6 Å². The summed E-state index contributed by atoms with van der Waals surface area (Å²) in [5, 5.41) is 2.98. The highest BCUT2D eigenvalue weighted by Gasteiger charge is 2.38. The van der Waals surface area contributed by atoms with Gasteiger partial charge in [-0.15, -0.1) is 0 Å². The zero-order valence-electron chi connectivity index (χ0n) is 22.2. The molecule has 186 valence electrons. The first kappa shape index (κ1) is 30.1. The van der Waals surface area contributed by atoms with Gasteiger partial charge in [0.1, 0.15) is 6.04 Å². The van der Waals surface area contributed by atoms with E-state index in [-0.39, 0.29) is 29.9 Å². The van der Waals surface area contributed by atoms with Gasteiger partial charge < -0.3 is 15.0 Å². The van der Waals surface area contributed by atoms with E-state index in [1.807, 2.05) is 39.6 Å². The summed E-state index contributed by atoms with van der Waals surface area (Å²) in [6.45, 7) is 18.8. The van der Waals surface area contributed by atoms with Gasteiger partial charge in [-0.1, -0.05) is 47.6 Å². The summed E-state index contributed by atoms with van der Waals surface area (Å²) in [7, 11) is 3.62. The second-order valence-electron chi connectivity index (χ2n) is 10.4. The topological polar surface area (TPSA) is 79.0 Å². The Hall–Kier alpha value is -1.89. The molecule has 7 nitrogen and oxygen atoms in total. The maximum Gasteiger partial charge on any atom is 0.333 e. The summed E-state index contributed by atoms with van der Waals surface area (Å²) in [4.78, 5) is 41.4. The largest absolute Gasteiger partial charge is 0.463 e. The van der Waals surface area contributed by atoms with Crippen molar-refractivity contribution in [2.24, 2.45) is 11.3 Å². The molecule has 1 N–H and O–H groups in total. The maximum absolute atomic E-state index is 13.2.